The molecular formula is C7H9F3N4S. The second-order valence-electron chi connectivity index (χ2n) is 3.05. The molecule has 0 aliphatic heterocycles. The van der Waals surface area contributed by atoms with Crippen LogP contribution in [0.2, 0.25) is 0 Å². The van der Waals surface area contributed by atoms with Crippen molar-refractivity contribution in [1.82, 2.24) is 15.0 Å². The van der Waals surface area contributed by atoms with Crippen molar-refractivity contribution in [3.05, 3.63) is 11.4 Å². The Morgan fingerprint density at radius 1 is 1.53 bits per heavy atom. The van der Waals surface area contributed by atoms with Gasteiger partial charge in [0.05, 0.1) is 5.69 Å². The number of hydrogen-bond donors (Lipinski definition) is 1. The molecule has 0 aliphatic rings. The second kappa shape index (κ2) is 3.76. The van der Waals surface area contributed by atoms with Gasteiger partial charge < -0.3 is 5.73 Å². The molecular weight excluding hydrogens is 229 g/mol. The summed E-state index contributed by atoms with van der Waals surface area (Å²) in [6.45, 7) is 2.43. The standard InChI is InChI=1S/C7H9F3N4S/c1-3-5(6(11)15)12-13-14(3)4(2)7(8,9)10/h4H,1-2H3,(H2,11,15). The summed E-state index contributed by atoms with van der Waals surface area (Å²) in [6, 6.07) is -1.74. The fraction of sp³-hybridized carbons (Fsp3) is 0.571. The Hall–Kier alpha value is -1.18. The van der Waals surface area contributed by atoms with E-state index in [9.17, 15) is 13.2 Å². The summed E-state index contributed by atoms with van der Waals surface area (Å²) in [4.78, 5) is -0.0619. The average molecular weight is 238 g/mol. The van der Waals surface area contributed by atoms with Gasteiger partial charge in [-0.2, -0.15) is 13.2 Å². The van der Waals surface area contributed by atoms with Gasteiger partial charge >= 0.3 is 6.18 Å². The first-order valence-corrected chi connectivity index (χ1v) is 4.44. The van der Waals surface area contributed by atoms with Crippen molar-refractivity contribution >= 4 is 17.2 Å². The van der Waals surface area contributed by atoms with Gasteiger partial charge in [0.15, 0.2) is 0 Å². The molecule has 84 valence electrons. The van der Waals surface area contributed by atoms with Crippen molar-refractivity contribution < 1.29 is 13.2 Å². The van der Waals surface area contributed by atoms with Crippen LogP contribution in [0.4, 0.5) is 13.2 Å². The minimum absolute atomic E-state index is 0.0619. The third-order valence-electron chi connectivity index (χ3n) is 2.00. The molecule has 0 aromatic carbocycles. The normalized spacial score (nSPS) is 13.9. The second-order valence-corrected chi connectivity index (χ2v) is 3.49. The lowest BCUT2D eigenvalue weighted by Crippen LogP contribution is -2.25. The zero-order valence-electron chi connectivity index (χ0n) is 8.04. The third kappa shape index (κ3) is 2.25. The lowest BCUT2D eigenvalue weighted by atomic mass is 10.3. The van der Waals surface area contributed by atoms with Gasteiger partial charge in [0.25, 0.3) is 0 Å². The van der Waals surface area contributed by atoms with Crippen LogP contribution in [0, 0.1) is 6.92 Å². The summed E-state index contributed by atoms with van der Waals surface area (Å²) in [5.74, 6) is 0. The number of nitrogens with zero attached hydrogens (tertiary/aromatic N) is 3. The molecule has 1 rings (SSSR count). The predicted molar refractivity (Wildman–Crippen MR) is 51.4 cm³/mol. The van der Waals surface area contributed by atoms with Crippen molar-refractivity contribution in [1.29, 1.82) is 0 Å². The molecule has 1 heterocycles. The van der Waals surface area contributed by atoms with Crippen LogP contribution in [-0.2, 0) is 0 Å². The smallest absolute Gasteiger partial charge is 0.388 e. The molecule has 0 amide bonds. The van der Waals surface area contributed by atoms with Crippen LogP contribution in [0.25, 0.3) is 0 Å². The molecule has 0 saturated heterocycles. The fourth-order valence-electron chi connectivity index (χ4n) is 1.08. The zero-order chi connectivity index (χ0) is 11.8. The summed E-state index contributed by atoms with van der Waals surface area (Å²) in [6.07, 6.45) is -4.37. The maximum absolute atomic E-state index is 12.4. The molecule has 1 unspecified atom stereocenters. The Labute approximate surface area is 89.2 Å². The SMILES string of the molecule is Cc1c(C(N)=S)nnn1C(C)C(F)(F)F. The van der Waals surface area contributed by atoms with E-state index in [1.807, 2.05) is 0 Å². The van der Waals surface area contributed by atoms with Crippen LogP contribution in [0.5, 0.6) is 0 Å². The highest BCUT2D eigenvalue weighted by Gasteiger charge is 2.39. The van der Waals surface area contributed by atoms with Gasteiger partial charge in [-0.1, -0.05) is 17.4 Å². The summed E-state index contributed by atoms with van der Waals surface area (Å²) in [5, 5.41) is 6.88. The van der Waals surface area contributed by atoms with Crippen molar-refractivity contribution in [2.75, 3.05) is 0 Å². The lowest BCUT2D eigenvalue weighted by molar-refractivity contribution is -0.166. The van der Waals surface area contributed by atoms with Crippen LogP contribution in [-0.4, -0.2) is 26.2 Å². The van der Waals surface area contributed by atoms with Gasteiger partial charge in [-0.05, 0) is 13.8 Å². The van der Waals surface area contributed by atoms with E-state index < -0.39 is 12.2 Å². The van der Waals surface area contributed by atoms with Gasteiger partial charge in [0.1, 0.15) is 16.7 Å². The van der Waals surface area contributed by atoms with Gasteiger partial charge in [-0.15, -0.1) is 5.10 Å². The largest absolute Gasteiger partial charge is 0.410 e. The molecule has 0 fully saturated rings. The molecule has 15 heavy (non-hydrogen) atoms. The Morgan fingerprint density at radius 2 is 2.07 bits per heavy atom. The molecule has 2 N–H and O–H groups in total. The maximum atomic E-state index is 12.4. The Kier molecular flexibility index (Phi) is 2.98. The number of nitrogens with two attached hydrogens (primary N) is 1. The highest BCUT2D eigenvalue weighted by Crippen LogP contribution is 2.30. The van der Waals surface area contributed by atoms with Crippen LogP contribution in [0.1, 0.15) is 24.4 Å². The highest BCUT2D eigenvalue weighted by molar-refractivity contribution is 7.80. The average Bonchev–Trinajstić information content (AvgIpc) is 2.44. The first-order valence-electron chi connectivity index (χ1n) is 4.03. The molecule has 8 heteroatoms. The monoisotopic (exact) mass is 238 g/mol. The molecule has 0 spiro atoms. The summed E-state index contributed by atoms with van der Waals surface area (Å²) >= 11 is 4.62. The van der Waals surface area contributed by atoms with E-state index in [1.54, 1.807) is 0 Å². The van der Waals surface area contributed by atoms with Gasteiger partial charge in [0, 0.05) is 0 Å². The zero-order valence-corrected chi connectivity index (χ0v) is 8.85. The van der Waals surface area contributed by atoms with Gasteiger partial charge in [-0.3, -0.25) is 0 Å². The number of aromatic nitrogens is 3. The summed E-state index contributed by atoms with van der Waals surface area (Å²) < 4.78 is 37.9. The van der Waals surface area contributed by atoms with Crippen LogP contribution >= 0.6 is 12.2 Å². The van der Waals surface area contributed by atoms with E-state index in [-0.39, 0.29) is 16.4 Å². The topological polar surface area (TPSA) is 56.7 Å². The molecule has 1 aromatic rings. The van der Waals surface area contributed by atoms with E-state index in [1.165, 1.54) is 6.92 Å². The minimum atomic E-state index is -4.37. The molecule has 0 saturated carbocycles. The van der Waals surface area contributed by atoms with Crippen LogP contribution in [0.3, 0.4) is 0 Å². The fourth-order valence-corrected chi connectivity index (χ4v) is 1.26. The molecule has 4 nitrogen and oxygen atoms in total. The van der Waals surface area contributed by atoms with E-state index >= 15 is 0 Å². The number of thiocarbonyl (C=S) groups is 1. The predicted octanol–water partition coefficient (Wildman–Crippen LogP) is 1.34. The number of hydrogen-bond acceptors (Lipinski definition) is 3. The van der Waals surface area contributed by atoms with Crippen molar-refractivity contribution in [2.24, 2.45) is 5.73 Å². The minimum Gasteiger partial charge on any atom is -0.388 e. The Bertz CT molecular complexity index is 384. The molecule has 0 bridgehead atoms. The Morgan fingerprint density at radius 3 is 2.40 bits per heavy atom. The highest BCUT2D eigenvalue weighted by atomic mass is 32.1. The Balaban J connectivity index is 3.12. The van der Waals surface area contributed by atoms with Crippen LogP contribution in [0.15, 0.2) is 0 Å². The molecule has 1 aromatic heterocycles. The first kappa shape index (κ1) is 11.9. The third-order valence-corrected chi connectivity index (χ3v) is 2.19. The number of halogens is 3. The molecule has 0 radical (unpaired) electrons. The van der Waals surface area contributed by atoms with Gasteiger partial charge in [0.2, 0.25) is 0 Å². The lowest BCUT2D eigenvalue weighted by Gasteiger charge is -2.16. The van der Waals surface area contributed by atoms with E-state index in [4.69, 9.17) is 5.73 Å². The maximum Gasteiger partial charge on any atom is 0.410 e. The van der Waals surface area contributed by atoms with E-state index in [2.05, 4.69) is 22.5 Å². The van der Waals surface area contributed by atoms with E-state index in [0.29, 0.717) is 0 Å². The molecule has 0 aliphatic carbocycles. The first-order chi connectivity index (χ1) is 6.75. The quantitative estimate of drug-likeness (QED) is 0.790. The number of alkyl halides is 3. The molecule has 1 atom stereocenters. The van der Waals surface area contributed by atoms with Crippen molar-refractivity contribution in [3.8, 4) is 0 Å². The van der Waals surface area contributed by atoms with E-state index in [0.717, 1.165) is 11.6 Å². The summed E-state index contributed by atoms with van der Waals surface area (Å²) in [7, 11) is 0. The van der Waals surface area contributed by atoms with Crippen LogP contribution < -0.4 is 5.73 Å². The summed E-state index contributed by atoms with van der Waals surface area (Å²) in [5.41, 5.74) is 5.61. The van der Waals surface area contributed by atoms with Crippen molar-refractivity contribution in [2.45, 2.75) is 26.1 Å². The van der Waals surface area contributed by atoms with Gasteiger partial charge in [-0.25, -0.2) is 4.68 Å². The number of rotatable bonds is 2. The van der Waals surface area contributed by atoms with Crippen molar-refractivity contribution in [3.63, 3.8) is 0 Å².